The molecule has 0 aliphatic heterocycles. The van der Waals surface area contributed by atoms with Crippen molar-refractivity contribution in [1.29, 1.82) is 0 Å². The predicted octanol–water partition coefficient (Wildman–Crippen LogP) is 5.53. The average molecular weight is 279 g/mol. The van der Waals surface area contributed by atoms with Gasteiger partial charge in [0.15, 0.2) is 0 Å². The lowest BCUT2D eigenvalue weighted by Crippen LogP contribution is -2.20. The van der Waals surface area contributed by atoms with Gasteiger partial charge in [-0.25, -0.2) is 0 Å². The number of rotatable bonds is 4. The van der Waals surface area contributed by atoms with E-state index in [1.807, 2.05) is 6.55 Å². The van der Waals surface area contributed by atoms with Crippen LogP contribution in [-0.4, -0.2) is 6.69 Å². The van der Waals surface area contributed by atoms with E-state index in [2.05, 4.69) is 0 Å². The number of hydrogen-bond acceptors (Lipinski definition) is 0. The number of hydrogen-bond donors (Lipinski definition) is 0. The molecule has 2 saturated carbocycles. The third-order valence-corrected chi connectivity index (χ3v) is 7.04. The second kappa shape index (κ2) is 5.62. The standard InChI is InChI=1S/C13H24Cl2Si/c1-16(14,15)10-4-6-12-9-8-11-5-2-3-7-13(11)12/h11-13H,2-10H2,1H3/t11?,12-,13?/m0/s1. The van der Waals surface area contributed by atoms with Gasteiger partial charge in [-0.2, -0.15) is 0 Å². The van der Waals surface area contributed by atoms with Gasteiger partial charge < -0.3 is 0 Å². The van der Waals surface area contributed by atoms with Crippen molar-refractivity contribution in [3.8, 4) is 0 Å². The Morgan fingerprint density at radius 3 is 2.56 bits per heavy atom. The van der Waals surface area contributed by atoms with Gasteiger partial charge in [-0.15, -0.1) is 22.2 Å². The maximum atomic E-state index is 6.16. The normalized spacial score (nSPS) is 35.1. The van der Waals surface area contributed by atoms with Crippen LogP contribution in [0.15, 0.2) is 0 Å². The van der Waals surface area contributed by atoms with Crippen LogP contribution < -0.4 is 0 Å². The second-order valence-corrected chi connectivity index (χ2v) is 14.2. The Kier molecular flexibility index (Phi) is 4.65. The van der Waals surface area contributed by atoms with Crippen LogP contribution in [0, 0.1) is 17.8 Å². The third kappa shape index (κ3) is 3.65. The molecule has 0 nitrogen and oxygen atoms in total. The van der Waals surface area contributed by atoms with E-state index in [9.17, 15) is 0 Å². The van der Waals surface area contributed by atoms with Gasteiger partial charge in [0.05, 0.1) is 0 Å². The fourth-order valence-corrected chi connectivity index (χ4v) is 5.52. The second-order valence-electron chi connectivity index (χ2n) is 6.01. The first-order chi connectivity index (χ1) is 7.56. The van der Waals surface area contributed by atoms with E-state index in [-0.39, 0.29) is 0 Å². The summed E-state index contributed by atoms with van der Waals surface area (Å²) in [5.74, 6) is 3.15. The highest BCUT2D eigenvalue weighted by Gasteiger charge is 2.37. The first kappa shape index (κ1) is 13.2. The highest BCUT2D eigenvalue weighted by Crippen LogP contribution is 2.47. The van der Waals surface area contributed by atoms with Crippen molar-refractivity contribution in [3.05, 3.63) is 0 Å². The molecular weight excluding hydrogens is 255 g/mol. The van der Waals surface area contributed by atoms with E-state index < -0.39 is 6.69 Å². The van der Waals surface area contributed by atoms with Crippen LogP contribution in [0.3, 0.4) is 0 Å². The summed E-state index contributed by atoms with van der Waals surface area (Å²) in [6.07, 6.45) is 11.6. The molecule has 0 heterocycles. The molecule has 2 fully saturated rings. The zero-order valence-electron chi connectivity index (χ0n) is 10.4. The van der Waals surface area contributed by atoms with Gasteiger partial charge in [0.1, 0.15) is 0 Å². The van der Waals surface area contributed by atoms with Crippen molar-refractivity contribution in [2.24, 2.45) is 17.8 Å². The summed E-state index contributed by atoms with van der Waals surface area (Å²) in [6, 6.07) is 1.09. The molecule has 0 N–H and O–H groups in total. The van der Waals surface area contributed by atoms with Gasteiger partial charge in [-0.05, 0) is 49.6 Å². The molecule has 94 valence electrons. The maximum Gasteiger partial charge on any atom is 0.248 e. The molecule has 2 aliphatic carbocycles. The topological polar surface area (TPSA) is 0 Å². The highest BCUT2D eigenvalue weighted by molar-refractivity contribution is 7.44. The lowest BCUT2D eigenvalue weighted by atomic mass is 9.77. The lowest BCUT2D eigenvalue weighted by molar-refractivity contribution is 0.220. The van der Waals surface area contributed by atoms with Crippen LogP contribution in [0.1, 0.15) is 51.4 Å². The zero-order valence-corrected chi connectivity index (χ0v) is 12.9. The van der Waals surface area contributed by atoms with Crippen LogP contribution in [-0.2, 0) is 0 Å². The Morgan fingerprint density at radius 2 is 1.81 bits per heavy atom. The van der Waals surface area contributed by atoms with Crippen molar-refractivity contribution < 1.29 is 0 Å². The first-order valence-electron chi connectivity index (χ1n) is 6.94. The molecule has 0 radical (unpaired) electrons. The molecule has 16 heavy (non-hydrogen) atoms. The third-order valence-electron chi connectivity index (χ3n) is 4.67. The van der Waals surface area contributed by atoms with Crippen LogP contribution in [0.5, 0.6) is 0 Å². The largest absolute Gasteiger partial charge is 0.248 e. The van der Waals surface area contributed by atoms with Gasteiger partial charge in [0.25, 0.3) is 0 Å². The molecule has 0 aromatic heterocycles. The molecule has 0 amide bonds. The molecular formula is C13H24Cl2Si. The van der Waals surface area contributed by atoms with E-state index in [1.165, 1.54) is 51.4 Å². The Morgan fingerprint density at radius 1 is 1.06 bits per heavy atom. The Bertz CT molecular complexity index is 224. The van der Waals surface area contributed by atoms with Gasteiger partial charge in [-0.3, -0.25) is 0 Å². The quantitative estimate of drug-likeness (QED) is 0.468. The maximum absolute atomic E-state index is 6.16. The van der Waals surface area contributed by atoms with Gasteiger partial charge in [-0.1, -0.05) is 32.1 Å². The summed E-state index contributed by atoms with van der Waals surface area (Å²) in [7, 11) is 0. The molecule has 3 heteroatoms. The minimum atomic E-state index is -1.83. The summed E-state index contributed by atoms with van der Waals surface area (Å²) in [5, 5.41) is 0. The Balaban J connectivity index is 1.74. The van der Waals surface area contributed by atoms with Crippen LogP contribution in [0.2, 0.25) is 12.6 Å². The minimum absolute atomic E-state index is 1.01. The summed E-state index contributed by atoms with van der Waals surface area (Å²) < 4.78 is 0. The molecule has 0 aromatic rings. The van der Waals surface area contributed by atoms with Gasteiger partial charge in [0, 0.05) is 0 Å². The van der Waals surface area contributed by atoms with Crippen molar-refractivity contribution >= 4 is 28.9 Å². The zero-order chi connectivity index (χ0) is 11.6. The summed E-state index contributed by atoms with van der Waals surface area (Å²) >= 11 is 12.3. The molecule has 0 saturated heterocycles. The minimum Gasteiger partial charge on any atom is -0.146 e. The molecule has 0 spiro atoms. The fourth-order valence-electron chi connectivity index (χ4n) is 3.89. The van der Waals surface area contributed by atoms with Crippen molar-refractivity contribution in [2.75, 3.05) is 0 Å². The summed E-state index contributed by atoms with van der Waals surface area (Å²) in [4.78, 5) is 0. The molecule has 3 atom stereocenters. The van der Waals surface area contributed by atoms with Crippen LogP contribution in [0.25, 0.3) is 0 Å². The van der Waals surface area contributed by atoms with E-state index in [0.717, 1.165) is 23.8 Å². The molecule has 2 aliphatic rings. The number of halogens is 2. The van der Waals surface area contributed by atoms with E-state index >= 15 is 0 Å². The van der Waals surface area contributed by atoms with E-state index in [4.69, 9.17) is 22.2 Å². The summed E-state index contributed by atoms with van der Waals surface area (Å²) in [5.41, 5.74) is 0. The van der Waals surface area contributed by atoms with E-state index in [0.29, 0.717) is 0 Å². The fraction of sp³-hybridized carbons (Fsp3) is 1.00. The Hall–Kier alpha value is 0.797. The molecule has 2 unspecified atom stereocenters. The van der Waals surface area contributed by atoms with Crippen LogP contribution >= 0.6 is 22.2 Å². The van der Waals surface area contributed by atoms with Gasteiger partial charge in [0.2, 0.25) is 6.69 Å². The van der Waals surface area contributed by atoms with Crippen molar-refractivity contribution in [2.45, 2.75) is 64.0 Å². The van der Waals surface area contributed by atoms with Crippen molar-refractivity contribution in [3.63, 3.8) is 0 Å². The summed E-state index contributed by atoms with van der Waals surface area (Å²) in [6.45, 7) is 0.222. The molecule has 2 rings (SSSR count). The lowest BCUT2D eigenvalue weighted by Gasteiger charge is -2.29. The monoisotopic (exact) mass is 278 g/mol. The number of fused-ring (bicyclic) bond motifs is 1. The SMILES string of the molecule is C[Si](Cl)(Cl)CCC[C@H]1CCC2CCCCC21. The molecule has 0 bridgehead atoms. The molecule has 0 aromatic carbocycles. The van der Waals surface area contributed by atoms with Gasteiger partial charge >= 0.3 is 0 Å². The van der Waals surface area contributed by atoms with E-state index in [1.54, 1.807) is 0 Å². The Labute approximate surface area is 111 Å². The van der Waals surface area contributed by atoms with Crippen molar-refractivity contribution in [1.82, 2.24) is 0 Å². The first-order valence-corrected chi connectivity index (χ1v) is 11.7. The predicted molar refractivity (Wildman–Crippen MR) is 75.5 cm³/mol. The highest BCUT2D eigenvalue weighted by atomic mass is 35.7. The van der Waals surface area contributed by atoms with Crippen LogP contribution in [0.4, 0.5) is 0 Å². The smallest absolute Gasteiger partial charge is 0.146 e. The average Bonchev–Trinajstić information content (AvgIpc) is 2.60.